The lowest BCUT2D eigenvalue weighted by molar-refractivity contribution is -0.141. The molecule has 132 valence electrons. The minimum absolute atomic E-state index is 0.244. The van der Waals surface area contributed by atoms with Crippen molar-refractivity contribution in [2.45, 2.75) is 26.8 Å². The highest BCUT2D eigenvalue weighted by molar-refractivity contribution is 5.77. The van der Waals surface area contributed by atoms with Gasteiger partial charge in [-0.05, 0) is 38.0 Å². The number of rotatable bonds is 4. The summed E-state index contributed by atoms with van der Waals surface area (Å²) >= 11 is 0. The molecule has 1 unspecified atom stereocenters. The highest BCUT2D eigenvalue weighted by atomic mass is 16.4. The number of aromatic nitrogens is 3. The maximum Gasteiger partial charge on any atom is 0.317 e. The number of hydrogen-bond donors (Lipinski definition) is 2. The van der Waals surface area contributed by atoms with E-state index in [9.17, 15) is 9.59 Å². The molecule has 1 saturated heterocycles. The molecule has 1 atom stereocenters. The van der Waals surface area contributed by atoms with Crippen molar-refractivity contribution in [3.63, 3.8) is 0 Å². The van der Waals surface area contributed by atoms with Gasteiger partial charge < -0.3 is 15.3 Å². The first-order valence-corrected chi connectivity index (χ1v) is 8.18. The number of carbonyl (C=O) groups excluding carboxylic acids is 1. The van der Waals surface area contributed by atoms with Crippen LogP contribution in [0.15, 0.2) is 24.4 Å². The number of hydrogen-bond acceptors (Lipinski definition) is 4. The Labute approximate surface area is 145 Å². The molecule has 0 aromatic carbocycles. The first-order valence-electron chi connectivity index (χ1n) is 8.18. The molecule has 1 fully saturated rings. The van der Waals surface area contributed by atoms with Crippen molar-refractivity contribution in [2.24, 2.45) is 5.92 Å². The molecule has 0 radical (unpaired) electrons. The molecule has 0 aliphatic carbocycles. The lowest BCUT2D eigenvalue weighted by Crippen LogP contribution is -2.38. The van der Waals surface area contributed by atoms with Crippen LogP contribution in [-0.4, -0.2) is 49.9 Å². The molecule has 1 aliphatic heterocycles. The number of nitrogens with zero attached hydrogens (tertiary/aromatic N) is 4. The van der Waals surface area contributed by atoms with Gasteiger partial charge in [-0.3, -0.25) is 4.79 Å². The lowest BCUT2D eigenvalue weighted by Gasteiger charge is -2.16. The zero-order valence-electron chi connectivity index (χ0n) is 14.3. The first-order chi connectivity index (χ1) is 11.9. The van der Waals surface area contributed by atoms with Crippen LogP contribution in [0.3, 0.4) is 0 Å². The molecule has 2 amide bonds. The number of carboxylic acids is 1. The van der Waals surface area contributed by atoms with Gasteiger partial charge in [-0.2, -0.15) is 5.10 Å². The van der Waals surface area contributed by atoms with E-state index in [2.05, 4.69) is 15.4 Å². The molecule has 25 heavy (non-hydrogen) atoms. The Morgan fingerprint density at radius 2 is 2.16 bits per heavy atom. The van der Waals surface area contributed by atoms with Crippen LogP contribution in [0.1, 0.15) is 23.4 Å². The molecule has 1 aliphatic rings. The molecule has 8 heteroatoms. The Kier molecular flexibility index (Phi) is 4.69. The molecule has 0 bridgehead atoms. The van der Waals surface area contributed by atoms with Crippen molar-refractivity contribution in [1.82, 2.24) is 25.0 Å². The minimum atomic E-state index is -0.848. The van der Waals surface area contributed by atoms with Gasteiger partial charge in [-0.15, -0.1) is 0 Å². The van der Waals surface area contributed by atoms with Crippen LogP contribution >= 0.6 is 0 Å². The van der Waals surface area contributed by atoms with Crippen molar-refractivity contribution >= 4 is 12.0 Å². The average Bonchev–Trinajstić information content (AvgIpc) is 3.20. The number of nitrogens with one attached hydrogen (secondary N) is 1. The molecule has 3 rings (SSSR count). The minimum Gasteiger partial charge on any atom is -0.481 e. The summed E-state index contributed by atoms with van der Waals surface area (Å²) in [5.41, 5.74) is 2.81. The van der Waals surface area contributed by atoms with E-state index in [1.165, 1.54) is 4.90 Å². The van der Waals surface area contributed by atoms with Crippen LogP contribution in [0.4, 0.5) is 4.79 Å². The summed E-state index contributed by atoms with van der Waals surface area (Å²) in [5.74, 6) is -0.587. The van der Waals surface area contributed by atoms with Crippen LogP contribution in [-0.2, 0) is 11.3 Å². The summed E-state index contributed by atoms with van der Waals surface area (Å²) in [6, 6.07) is 5.49. The molecule has 0 saturated carbocycles. The predicted octanol–water partition coefficient (Wildman–Crippen LogP) is 1.50. The zero-order chi connectivity index (χ0) is 18.0. The summed E-state index contributed by atoms with van der Waals surface area (Å²) in [7, 11) is 0. The number of carboxylic acid groups (broad SMARTS) is 1. The highest BCUT2D eigenvalue weighted by Gasteiger charge is 2.30. The summed E-state index contributed by atoms with van der Waals surface area (Å²) in [5, 5.41) is 16.2. The van der Waals surface area contributed by atoms with Crippen molar-refractivity contribution in [2.75, 3.05) is 13.1 Å². The molecular weight excluding hydrogens is 322 g/mol. The summed E-state index contributed by atoms with van der Waals surface area (Å²) in [6.07, 6.45) is 2.21. The van der Waals surface area contributed by atoms with Gasteiger partial charge in [0.1, 0.15) is 0 Å². The first kappa shape index (κ1) is 16.9. The Hall–Kier alpha value is -2.90. The van der Waals surface area contributed by atoms with Crippen molar-refractivity contribution in [3.05, 3.63) is 41.3 Å². The van der Waals surface area contributed by atoms with Crippen molar-refractivity contribution in [3.8, 4) is 5.82 Å². The van der Waals surface area contributed by atoms with Crippen LogP contribution < -0.4 is 5.32 Å². The van der Waals surface area contributed by atoms with E-state index >= 15 is 0 Å². The fraction of sp³-hybridized carbons (Fsp3) is 0.412. The molecular formula is C17H21N5O3. The second kappa shape index (κ2) is 6.92. The number of amides is 2. The van der Waals surface area contributed by atoms with E-state index in [-0.39, 0.29) is 12.6 Å². The lowest BCUT2D eigenvalue weighted by atomic mass is 10.1. The van der Waals surface area contributed by atoms with Gasteiger partial charge in [0.2, 0.25) is 0 Å². The molecule has 8 nitrogen and oxygen atoms in total. The van der Waals surface area contributed by atoms with E-state index in [1.807, 2.05) is 32.0 Å². The van der Waals surface area contributed by atoms with Crippen molar-refractivity contribution in [1.29, 1.82) is 0 Å². The smallest absolute Gasteiger partial charge is 0.317 e. The molecule has 2 aromatic heterocycles. The molecule has 0 spiro atoms. The Morgan fingerprint density at radius 1 is 1.36 bits per heavy atom. The van der Waals surface area contributed by atoms with E-state index in [0.29, 0.717) is 19.5 Å². The van der Waals surface area contributed by atoms with Crippen LogP contribution in [0.5, 0.6) is 0 Å². The number of carbonyl (C=O) groups is 2. The molecule has 2 N–H and O–H groups in total. The van der Waals surface area contributed by atoms with Crippen LogP contribution in [0.25, 0.3) is 5.82 Å². The van der Waals surface area contributed by atoms with E-state index in [4.69, 9.17) is 5.11 Å². The van der Waals surface area contributed by atoms with Gasteiger partial charge in [0.25, 0.3) is 0 Å². The quantitative estimate of drug-likeness (QED) is 0.876. The monoisotopic (exact) mass is 343 g/mol. The number of aryl methyl sites for hydroxylation is 2. The largest absolute Gasteiger partial charge is 0.481 e. The van der Waals surface area contributed by atoms with Gasteiger partial charge in [0.15, 0.2) is 5.82 Å². The standard InChI is InChI=1S/C17H21N5O3/c1-11-7-12(2)22(20-11)15-4-3-13(8-18-15)9-19-17(25)21-6-5-14(10-21)16(23)24/h3-4,7-8,14H,5-6,9-10H2,1-2H3,(H,19,25)(H,23,24). The van der Waals surface area contributed by atoms with Gasteiger partial charge in [-0.1, -0.05) is 6.07 Å². The van der Waals surface area contributed by atoms with Gasteiger partial charge in [-0.25, -0.2) is 14.5 Å². The number of urea groups is 1. The predicted molar refractivity (Wildman–Crippen MR) is 90.4 cm³/mol. The number of likely N-dealkylation sites (tertiary alicyclic amines) is 1. The average molecular weight is 343 g/mol. The third-order valence-corrected chi connectivity index (χ3v) is 4.30. The van der Waals surface area contributed by atoms with E-state index in [0.717, 1.165) is 22.8 Å². The highest BCUT2D eigenvalue weighted by Crippen LogP contribution is 2.16. The summed E-state index contributed by atoms with van der Waals surface area (Å²) in [4.78, 5) is 29.0. The van der Waals surface area contributed by atoms with Crippen LogP contribution in [0.2, 0.25) is 0 Å². The normalized spacial score (nSPS) is 16.9. The van der Waals surface area contributed by atoms with Gasteiger partial charge >= 0.3 is 12.0 Å². The van der Waals surface area contributed by atoms with E-state index < -0.39 is 11.9 Å². The van der Waals surface area contributed by atoms with E-state index in [1.54, 1.807) is 10.9 Å². The second-order valence-corrected chi connectivity index (χ2v) is 6.29. The fourth-order valence-corrected chi connectivity index (χ4v) is 2.94. The Morgan fingerprint density at radius 3 is 2.72 bits per heavy atom. The maximum absolute atomic E-state index is 12.1. The summed E-state index contributed by atoms with van der Waals surface area (Å²) < 4.78 is 1.77. The van der Waals surface area contributed by atoms with Gasteiger partial charge in [0, 0.05) is 31.5 Å². The Bertz CT molecular complexity index is 784. The number of aliphatic carboxylic acids is 1. The third kappa shape index (κ3) is 3.78. The maximum atomic E-state index is 12.1. The number of pyridine rings is 1. The third-order valence-electron chi connectivity index (χ3n) is 4.30. The molecule has 3 heterocycles. The second-order valence-electron chi connectivity index (χ2n) is 6.29. The van der Waals surface area contributed by atoms with Crippen molar-refractivity contribution < 1.29 is 14.7 Å². The zero-order valence-corrected chi connectivity index (χ0v) is 14.3. The molecule has 2 aromatic rings. The van der Waals surface area contributed by atoms with Gasteiger partial charge in [0.05, 0.1) is 11.6 Å². The topological polar surface area (TPSA) is 100 Å². The SMILES string of the molecule is Cc1cc(C)n(-c2ccc(CNC(=O)N3CCC(C(=O)O)C3)cn2)n1. The summed E-state index contributed by atoms with van der Waals surface area (Å²) in [6.45, 7) is 4.97. The Balaban J connectivity index is 1.56. The fourth-order valence-electron chi connectivity index (χ4n) is 2.94. The van der Waals surface area contributed by atoms with Crippen LogP contribution in [0, 0.1) is 19.8 Å².